The van der Waals surface area contributed by atoms with Gasteiger partial charge < -0.3 is 5.32 Å². The maximum Gasteiger partial charge on any atom is 0.389 e. The van der Waals surface area contributed by atoms with E-state index in [1.54, 1.807) is 0 Å². The fourth-order valence-electron chi connectivity index (χ4n) is 5.20. The van der Waals surface area contributed by atoms with Crippen molar-refractivity contribution in [3.8, 4) is 0 Å². The number of alkyl halides is 3. The molecule has 0 saturated carbocycles. The standard InChI is InChI=1S/C29H33F3N2/c30-29(31,32)17-10-20-33-23-28(26-15-8-3-9-16-26)18-21-34(22-19-28)27(24-11-4-1-5-12-24)25-13-6-2-7-14-25/h1-9,11-16,27,33H,10,17-23H2. The van der Waals surface area contributed by atoms with Gasteiger partial charge in [0.2, 0.25) is 0 Å². The van der Waals surface area contributed by atoms with Crippen molar-refractivity contribution in [2.75, 3.05) is 26.2 Å². The molecule has 0 unspecified atom stereocenters. The van der Waals surface area contributed by atoms with Crippen molar-refractivity contribution in [3.63, 3.8) is 0 Å². The molecule has 0 aromatic heterocycles. The molecule has 0 aliphatic carbocycles. The fourth-order valence-corrected chi connectivity index (χ4v) is 5.20. The van der Waals surface area contributed by atoms with E-state index in [1.165, 1.54) is 16.7 Å². The van der Waals surface area contributed by atoms with Crippen molar-refractivity contribution >= 4 is 0 Å². The molecule has 34 heavy (non-hydrogen) atoms. The van der Waals surface area contributed by atoms with E-state index in [9.17, 15) is 13.2 Å². The number of rotatable bonds is 9. The molecular weight excluding hydrogens is 433 g/mol. The molecule has 0 atom stereocenters. The molecule has 1 saturated heterocycles. The van der Waals surface area contributed by atoms with Gasteiger partial charge in [0, 0.05) is 18.4 Å². The van der Waals surface area contributed by atoms with Gasteiger partial charge in [0.05, 0.1) is 6.04 Å². The summed E-state index contributed by atoms with van der Waals surface area (Å²) in [6.45, 7) is 2.93. The minimum atomic E-state index is -4.09. The third-order valence-corrected chi connectivity index (χ3v) is 7.01. The van der Waals surface area contributed by atoms with Crippen LogP contribution < -0.4 is 5.32 Å². The molecule has 5 heteroatoms. The summed E-state index contributed by atoms with van der Waals surface area (Å²) in [7, 11) is 0. The van der Waals surface area contributed by atoms with E-state index < -0.39 is 12.6 Å². The lowest BCUT2D eigenvalue weighted by Gasteiger charge is -2.45. The second kappa shape index (κ2) is 11.2. The molecule has 1 heterocycles. The average molecular weight is 467 g/mol. The molecule has 1 fully saturated rings. The van der Waals surface area contributed by atoms with Gasteiger partial charge in [0.25, 0.3) is 0 Å². The first-order chi connectivity index (χ1) is 16.5. The first kappa shape index (κ1) is 24.5. The normalized spacial score (nSPS) is 16.6. The molecule has 4 rings (SSSR count). The van der Waals surface area contributed by atoms with Crippen LogP contribution in [0.25, 0.3) is 0 Å². The van der Waals surface area contributed by atoms with Gasteiger partial charge in [-0.3, -0.25) is 4.90 Å². The smallest absolute Gasteiger partial charge is 0.316 e. The van der Waals surface area contributed by atoms with Gasteiger partial charge in [0.15, 0.2) is 0 Å². The van der Waals surface area contributed by atoms with Gasteiger partial charge in [-0.1, -0.05) is 91.0 Å². The Balaban J connectivity index is 1.49. The van der Waals surface area contributed by atoms with E-state index in [0.29, 0.717) is 13.1 Å². The summed E-state index contributed by atoms with van der Waals surface area (Å²) < 4.78 is 37.6. The summed E-state index contributed by atoms with van der Waals surface area (Å²) in [5, 5.41) is 3.36. The molecule has 0 bridgehead atoms. The maximum absolute atomic E-state index is 12.5. The number of likely N-dealkylation sites (tertiary alicyclic amines) is 1. The molecule has 3 aromatic carbocycles. The summed E-state index contributed by atoms with van der Waals surface area (Å²) in [5.41, 5.74) is 3.76. The van der Waals surface area contributed by atoms with Crippen molar-refractivity contribution < 1.29 is 13.2 Å². The molecule has 180 valence electrons. The molecule has 0 amide bonds. The zero-order valence-corrected chi connectivity index (χ0v) is 19.5. The number of hydrogen-bond donors (Lipinski definition) is 1. The molecule has 1 N–H and O–H groups in total. The number of benzene rings is 3. The van der Waals surface area contributed by atoms with Crippen molar-refractivity contribution in [1.29, 1.82) is 0 Å². The summed E-state index contributed by atoms with van der Waals surface area (Å²) in [6.07, 6.45) is -2.79. The highest BCUT2D eigenvalue weighted by atomic mass is 19.4. The van der Waals surface area contributed by atoms with Gasteiger partial charge >= 0.3 is 6.18 Å². The second-order valence-corrected chi connectivity index (χ2v) is 9.30. The fraction of sp³-hybridized carbons (Fsp3) is 0.379. The summed E-state index contributed by atoms with van der Waals surface area (Å²) in [5.74, 6) is 0. The Morgan fingerprint density at radius 2 is 1.26 bits per heavy atom. The van der Waals surface area contributed by atoms with E-state index in [2.05, 4.69) is 83.0 Å². The quantitative estimate of drug-likeness (QED) is 0.351. The summed E-state index contributed by atoms with van der Waals surface area (Å²) in [4.78, 5) is 2.55. The second-order valence-electron chi connectivity index (χ2n) is 9.30. The lowest BCUT2D eigenvalue weighted by atomic mass is 9.72. The Labute approximate surface area is 200 Å². The van der Waals surface area contributed by atoms with E-state index in [1.807, 2.05) is 18.2 Å². The molecule has 0 spiro atoms. The minimum absolute atomic E-state index is 0.0755. The molecule has 3 aromatic rings. The highest BCUT2D eigenvalue weighted by Crippen LogP contribution is 2.39. The van der Waals surface area contributed by atoms with E-state index in [4.69, 9.17) is 0 Å². The van der Waals surface area contributed by atoms with Crippen LogP contribution >= 0.6 is 0 Å². The number of hydrogen-bond acceptors (Lipinski definition) is 2. The SMILES string of the molecule is FC(F)(F)CCCNCC1(c2ccccc2)CCN(C(c2ccccc2)c2ccccc2)CC1. The first-order valence-electron chi connectivity index (χ1n) is 12.1. The topological polar surface area (TPSA) is 15.3 Å². The first-order valence-corrected chi connectivity index (χ1v) is 12.1. The van der Waals surface area contributed by atoms with Crippen molar-refractivity contribution in [1.82, 2.24) is 10.2 Å². The third kappa shape index (κ3) is 6.28. The zero-order valence-electron chi connectivity index (χ0n) is 19.5. The molecule has 0 radical (unpaired) electrons. The van der Waals surface area contributed by atoms with E-state index in [0.717, 1.165) is 25.9 Å². The molecular formula is C29H33F3N2. The largest absolute Gasteiger partial charge is 0.389 e. The van der Waals surface area contributed by atoms with Crippen LogP contribution in [0.4, 0.5) is 13.2 Å². The van der Waals surface area contributed by atoms with Gasteiger partial charge in [-0.05, 0) is 55.6 Å². The van der Waals surface area contributed by atoms with Crippen LogP contribution in [0.1, 0.15) is 48.4 Å². The van der Waals surface area contributed by atoms with Crippen LogP contribution in [0, 0.1) is 0 Å². The van der Waals surface area contributed by atoms with Crippen LogP contribution in [0.3, 0.4) is 0 Å². The Hall–Kier alpha value is -2.63. The lowest BCUT2D eigenvalue weighted by molar-refractivity contribution is -0.135. The Morgan fingerprint density at radius 3 is 1.76 bits per heavy atom. The van der Waals surface area contributed by atoms with Crippen LogP contribution in [-0.2, 0) is 5.41 Å². The van der Waals surface area contributed by atoms with Crippen molar-refractivity contribution in [3.05, 3.63) is 108 Å². The third-order valence-electron chi connectivity index (χ3n) is 7.01. The van der Waals surface area contributed by atoms with Gasteiger partial charge in [-0.15, -0.1) is 0 Å². The molecule has 1 aliphatic heterocycles. The highest BCUT2D eigenvalue weighted by Gasteiger charge is 2.38. The number of nitrogens with one attached hydrogen (secondary N) is 1. The molecule has 2 nitrogen and oxygen atoms in total. The van der Waals surface area contributed by atoms with Crippen LogP contribution in [0.2, 0.25) is 0 Å². The zero-order chi connectivity index (χ0) is 23.9. The number of halogens is 3. The number of nitrogens with zero attached hydrogens (tertiary/aromatic N) is 1. The summed E-state index contributed by atoms with van der Waals surface area (Å²) >= 11 is 0. The molecule has 1 aliphatic rings. The van der Waals surface area contributed by atoms with Gasteiger partial charge in [-0.2, -0.15) is 13.2 Å². The Bertz CT molecular complexity index is 943. The van der Waals surface area contributed by atoms with E-state index >= 15 is 0 Å². The van der Waals surface area contributed by atoms with Crippen molar-refractivity contribution in [2.45, 2.75) is 43.3 Å². The lowest BCUT2D eigenvalue weighted by Crippen LogP contribution is -2.49. The van der Waals surface area contributed by atoms with Crippen LogP contribution in [0.15, 0.2) is 91.0 Å². The van der Waals surface area contributed by atoms with Gasteiger partial charge in [-0.25, -0.2) is 0 Å². The van der Waals surface area contributed by atoms with Gasteiger partial charge in [0.1, 0.15) is 0 Å². The van der Waals surface area contributed by atoms with E-state index in [-0.39, 0.29) is 17.9 Å². The Kier molecular flexibility index (Phi) is 8.07. The maximum atomic E-state index is 12.5. The van der Waals surface area contributed by atoms with Crippen molar-refractivity contribution in [2.24, 2.45) is 0 Å². The predicted molar refractivity (Wildman–Crippen MR) is 132 cm³/mol. The monoisotopic (exact) mass is 466 g/mol. The highest BCUT2D eigenvalue weighted by molar-refractivity contribution is 5.33. The minimum Gasteiger partial charge on any atom is -0.316 e. The number of piperidine rings is 1. The predicted octanol–water partition coefficient (Wildman–Crippen LogP) is 6.74. The van der Waals surface area contributed by atoms with Crippen LogP contribution in [0.5, 0.6) is 0 Å². The van der Waals surface area contributed by atoms with Crippen LogP contribution in [-0.4, -0.2) is 37.3 Å². The average Bonchev–Trinajstić information content (AvgIpc) is 2.86. The Morgan fingerprint density at radius 1 is 0.765 bits per heavy atom. The summed E-state index contributed by atoms with van der Waals surface area (Å²) in [6, 6.07) is 31.9.